The molecule has 6 nitrogen and oxygen atoms in total. The van der Waals surface area contributed by atoms with Crippen molar-refractivity contribution in [3.05, 3.63) is 17.0 Å². The van der Waals surface area contributed by atoms with E-state index in [9.17, 15) is 4.79 Å². The normalized spacial score (nSPS) is 28.4. The first-order valence-electron chi connectivity index (χ1n) is 8.42. The molecule has 0 radical (unpaired) electrons. The Morgan fingerprint density at radius 1 is 1.39 bits per heavy atom. The van der Waals surface area contributed by atoms with E-state index in [4.69, 9.17) is 9.26 Å². The fourth-order valence-corrected chi connectivity index (χ4v) is 3.84. The van der Waals surface area contributed by atoms with Gasteiger partial charge in [0.05, 0.1) is 24.3 Å². The highest BCUT2D eigenvalue weighted by atomic mass is 16.5. The van der Waals surface area contributed by atoms with Crippen LogP contribution in [0.25, 0.3) is 0 Å². The first kappa shape index (κ1) is 16.5. The third-order valence-corrected chi connectivity index (χ3v) is 5.20. The van der Waals surface area contributed by atoms with Gasteiger partial charge in [0.15, 0.2) is 0 Å². The van der Waals surface area contributed by atoms with Gasteiger partial charge in [-0.15, -0.1) is 0 Å². The van der Waals surface area contributed by atoms with Crippen molar-refractivity contribution in [2.24, 2.45) is 11.8 Å². The van der Waals surface area contributed by atoms with Crippen molar-refractivity contribution in [3.63, 3.8) is 0 Å². The van der Waals surface area contributed by atoms with Crippen LogP contribution in [0.4, 0.5) is 0 Å². The molecule has 2 aliphatic rings. The summed E-state index contributed by atoms with van der Waals surface area (Å²) in [6.07, 6.45) is 2.28. The summed E-state index contributed by atoms with van der Waals surface area (Å²) in [6.45, 7) is 7.41. The molecule has 1 aromatic rings. The summed E-state index contributed by atoms with van der Waals surface area (Å²) in [4.78, 5) is 16.3. The lowest BCUT2D eigenvalue weighted by atomic mass is 9.83. The van der Waals surface area contributed by atoms with E-state index >= 15 is 0 Å². The van der Waals surface area contributed by atoms with Crippen LogP contribution in [-0.4, -0.2) is 60.8 Å². The van der Waals surface area contributed by atoms with Gasteiger partial charge in [0.1, 0.15) is 5.76 Å². The molecule has 0 aromatic carbocycles. The second-order valence-electron chi connectivity index (χ2n) is 7.12. The van der Waals surface area contributed by atoms with E-state index in [1.54, 1.807) is 4.90 Å². The minimum absolute atomic E-state index is 0.00487. The number of piperidine rings is 1. The zero-order valence-electron chi connectivity index (χ0n) is 14.5. The minimum Gasteiger partial charge on any atom is -0.377 e. The highest BCUT2D eigenvalue weighted by Gasteiger charge is 2.38. The molecule has 2 fully saturated rings. The zero-order chi connectivity index (χ0) is 16.6. The summed E-state index contributed by atoms with van der Waals surface area (Å²) in [5.74, 6) is 1.54. The van der Waals surface area contributed by atoms with Gasteiger partial charge in [-0.1, -0.05) is 5.16 Å². The molecule has 6 heteroatoms. The van der Waals surface area contributed by atoms with Crippen LogP contribution >= 0.6 is 0 Å². The first-order chi connectivity index (χ1) is 11.0. The summed E-state index contributed by atoms with van der Waals surface area (Å²) in [5, 5.41) is 4.04. The van der Waals surface area contributed by atoms with E-state index in [1.165, 1.54) is 5.56 Å². The molecule has 0 spiro atoms. The van der Waals surface area contributed by atoms with Gasteiger partial charge >= 0.3 is 0 Å². The fraction of sp³-hybridized carbons (Fsp3) is 0.765. The second kappa shape index (κ2) is 6.61. The van der Waals surface area contributed by atoms with Crippen molar-refractivity contribution in [2.75, 3.05) is 33.8 Å². The van der Waals surface area contributed by atoms with Crippen LogP contribution in [0.15, 0.2) is 4.52 Å². The third kappa shape index (κ3) is 3.43. The lowest BCUT2D eigenvalue weighted by Crippen LogP contribution is -2.50. The molecule has 2 aliphatic heterocycles. The number of likely N-dealkylation sites (tertiary alicyclic amines) is 1. The zero-order valence-corrected chi connectivity index (χ0v) is 14.5. The molecule has 0 bridgehead atoms. The molecular formula is C17H27N3O3. The summed E-state index contributed by atoms with van der Waals surface area (Å²) in [7, 11) is 3.64. The molecule has 3 heterocycles. The van der Waals surface area contributed by atoms with Crippen molar-refractivity contribution in [3.8, 4) is 0 Å². The maximum absolute atomic E-state index is 12.2. The summed E-state index contributed by atoms with van der Waals surface area (Å²) in [5.41, 5.74) is 2.17. The maximum atomic E-state index is 12.2. The van der Waals surface area contributed by atoms with Crippen molar-refractivity contribution < 1.29 is 14.1 Å². The topological polar surface area (TPSA) is 58.8 Å². The average molecular weight is 321 g/mol. The average Bonchev–Trinajstić information content (AvgIpc) is 2.85. The quantitative estimate of drug-likeness (QED) is 0.846. The van der Waals surface area contributed by atoms with E-state index in [-0.39, 0.29) is 11.8 Å². The smallest absolute Gasteiger partial charge is 0.227 e. The van der Waals surface area contributed by atoms with E-state index in [0.29, 0.717) is 18.6 Å². The number of fused-ring (bicyclic) bond motifs is 1. The number of hydrogen-bond acceptors (Lipinski definition) is 5. The van der Waals surface area contributed by atoms with E-state index in [0.717, 1.165) is 43.9 Å². The predicted octanol–water partition coefficient (Wildman–Crippen LogP) is 1.61. The van der Waals surface area contributed by atoms with E-state index in [2.05, 4.69) is 10.1 Å². The number of ether oxygens (including phenoxy) is 1. The number of carbonyl (C=O) groups is 1. The van der Waals surface area contributed by atoms with Crippen LogP contribution < -0.4 is 0 Å². The number of aromatic nitrogens is 1. The highest BCUT2D eigenvalue weighted by molar-refractivity contribution is 5.78. The van der Waals surface area contributed by atoms with Gasteiger partial charge in [-0.25, -0.2) is 0 Å². The largest absolute Gasteiger partial charge is 0.377 e. The number of carbonyl (C=O) groups excluding carboxylic acids is 1. The molecule has 128 valence electrons. The van der Waals surface area contributed by atoms with Crippen molar-refractivity contribution in [1.82, 2.24) is 15.0 Å². The van der Waals surface area contributed by atoms with Gasteiger partial charge in [-0.2, -0.15) is 0 Å². The minimum atomic E-state index is 0.00487. The molecule has 3 rings (SSSR count). The molecule has 3 atom stereocenters. The van der Waals surface area contributed by atoms with Crippen molar-refractivity contribution in [1.29, 1.82) is 0 Å². The molecule has 1 amide bonds. The monoisotopic (exact) mass is 321 g/mol. The van der Waals surface area contributed by atoms with Gasteiger partial charge in [0.2, 0.25) is 5.91 Å². The number of rotatable bonds is 3. The Kier molecular flexibility index (Phi) is 4.73. The summed E-state index contributed by atoms with van der Waals surface area (Å²) >= 11 is 0. The van der Waals surface area contributed by atoms with Crippen molar-refractivity contribution in [2.45, 2.75) is 39.3 Å². The van der Waals surface area contributed by atoms with Crippen LogP contribution in [0.5, 0.6) is 0 Å². The number of amides is 1. The van der Waals surface area contributed by atoms with E-state index in [1.807, 2.05) is 27.9 Å². The van der Waals surface area contributed by atoms with Gasteiger partial charge in [-0.3, -0.25) is 9.69 Å². The van der Waals surface area contributed by atoms with Crippen LogP contribution in [0.2, 0.25) is 0 Å². The Labute approximate surface area is 137 Å². The van der Waals surface area contributed by atoms with Crippen LogP contribution in [0, 0.1) is 25.7 Å². The van der Waals surface area contributed by atoms with Gasteiger partial charge in [0.25, 0.3) is 0 Å². The second-order valence-corrected chi connectivity index (χ2v) is 7.12. The summed E-state index contributed by atoms with van der Waals surface area (Å²) < 4.78 is 11.3. The molecule has 1 aromatic heterocycles. The highest BCUT2D eigenvalue weighted by Crippen LogP contribution is 2.33. The maximum Gasteiger partial charge on any atom is 0.227 e. The lowest BCUT2D eigenvalue weighted by molar-refractivity contribution is -0.146. The Balaban J connectivity index is 1.62. The number of nitrogens with zero attached hydrogens (tertiary/aromatic N) is 3. The van der Waals surface area contributed by atoms with Gasteiger partial charge in [0, 0.05) is 39.3 Å². The molecular weight excluding hydrogens is 294 g/mol. The predicted molar refractivity (Wildman–Crippen MR) is 85.9 cm³/mol. The van der Waals surface area contributed by atoms with Crippen LogP contribution in [0.3, 0.4) is 0 Å². The SMILES string of the molecule is Cc1noc(C)c1CN1CC[C@@H]2OC[C@H](C(=O)N(C)C)C[C@@H]2C1. The van der Waals surface area contributed by atoms with E-state index < -0.39 is 0 Å². The Morgan fingerprint density at radius 2 is 2.17 bits per heavy atom. The van der Waals surface area contributed by atoms with Crippen LogP contribution in [0.1, 0.15) is 29.9 Å². The van der Waals surface area contributed by atoms with Gasteiger partial charge in [-0.05, 0) is 32.6 Å². The molecule has 23 heavy (non-hydrogen) atoms. The first-order valence-corrected chi connectivity index (χ1v) is 8.42. The van der Waals surface area contributed by atoms with Gasteiger partial charge < -0.3 is 14.2 Å². The Morgan fingerprint density at radius 3 is 2.83 bits per heavy atom. The third-order valence-electron chi connectivity index (χ3n) is 5.20. The molecule has 0 saturated carbocycles. The Hall–Kier alpha value is -1.40. The number of hydrogen-bond donors (Lipinski definition) is 0. The molecule has 0 N–H and O–H groups in total. The summed E-state index contributed by atoms with van der Waals surface area (Å²) in [6, 6.07) is 0. The fourth-order valence-electron chi connectivity index (χ4n) is 3.84. The molecule has 0 unspecified atom stereocenters. The molecule has 2 saturated heterocycles. The lowest BCUT2D eigenvalue weighted by Gasteiger charge is -2.43. The van der Waals surface area contributed by atoms with Crippen molar-refractivity contribution >= 4 is 5.91 Å². The standard InChI is InChI=1S/C17H27N3O3/c1-11-15(12(2)23-18-11)9-20-6-5-16-13(8-20)7-14(10-22-16)17(21)19(3)4/h13-14,16H,5-10H2,1-4H3/t13-,14-,16+/m1/s1. The molecule has 0 aliphatic carbocycles. The van der Waals surface area contributed by atoms with Crippen LogP contribution in [-0.2, 0) is 16.1 Å². The number of aryl methyl sites for hydroxylation is 2. The Bertz CT molecular complexity index is 550.